The highest BCUT2D eigenvalue weighted by Crippen LogP contribution is 2.41. The molecule has 1 unspecified atom stereocenters. The number of alkyl halides is 3. The van der Waals surface area contributed by atoms with Gasteiger partial charge in [-0.25, -0.2) is 4.98 Å². The average Bonchev–Trinajstić information content (AvgIpc) is 2.83. The molecule has 5 nitrogen and oxygen atoms in total. The zero-order chi connectivity index (χ0) is 15.4. The van der Waals surface area contributed by atoms with Crippen LogP contribution in [0.25, 0.3) is 5.70 Å². The Labute approximate surface area is 118 Å². The summed E-state index contributed by atoms with van der Waals surface area (Å²) in [6, 6.07) is -0.313. The van der Waals surface area contributed by atoms with Crippen molar-refractivity contribution in [2.75, 3.05) is 6.54 Å². The predicted molar refractivity (Wildman–Crippen MR) is 69.3 cm³/mol. The van der Waals surface area contributed by atoms with Gasteiger partial charge in [-0.15, -0.1) is 5.10 Å². The van der Waals surface area contributed by atoms with Crippen LogP contribution in [0.15, 0.2) is 23.5 Å². The summed E-state index contributed by atoms with van der Waals surface area (Å²) in [6.45, 7) is 2.86. The summed E-state index contributed by atoms with van der Waals surface area (Å²) in [7, 11) is 0. The molecule has 0 saturated heterocycles. The lowest BCUT2D eigenvalue weighted by Gasteiger charge is -2.36. The second kappa shape index (κ2) is 4.22. The average molecular weight is 298 g/mol. The minimum atomic E-state index is -4.80. The maximum Gasteiger partial charge on any atom is 0.424 e. The Morgan fingerprint density at radius 1 is 1.43 bits per heavy atom. The Morgan fingerprint density at radius 2 is 2.14 bits per heavy atom. The van der Waals surface area contributed by atoms with E-state index >= 15 is 0 Å². The van der Waals surface area contributed by atoms with Gasteiger partial charge in [-0.05, 0) is 19.9 Å². The molecule has 3 rings (SSSR count). The van der Waals surface area contributed by atoms with E-state index in [1.54, 1.807) is 24.1 Å². The molecule has 0 aromatic carbocycles. The third kappa shape index (κ3) is 1.91. The van der Waals surface area contributed by atoms with E-state index in [-0.39, 0.29) is 6.04 Å². The zero-order valence-electron chi connectivity index (χ0n) is 11.4. The van der Waals surface area contributed by atoms with E-state index in [4.69, 9.17) is 0 Å². The van der Waals surface area contributed by atoms with Crippen LogP contribution in [-0.2, 0) is 5.60 Å². The molecule has 0 radical (unpaired) electrons. The lowest BCUT2D eigenvalue weighted by Crippen LogP contribution is -2.44. The minimum absolute atomic E-state index is 0.313. The standard InChI is InChI=1S/C13H13F3N4O/c1-8-7-19-9(4-3-5-18-19)10-6-17-11(20(8)10)12(2,21)13(14,15)16/h3-4,6,8,21H,7H2,1-2H3/t8-,12?/m0/s1. The van der Waals surface area contributed by atoms with E-state index in [1.165, 1.54) is 10.8 Å². The Balaban J connectivity index is 2.16. The Hall–Kier alpha value is -2.05. The number of hydrogen-bond acceptors (Lipinski definition) is 4. The highest BCUT2D eigenvalue weighted by Gasteiger charge is 2.55. The van der Waals surface area contributed by atoms with Gasteiger partial charge in [-0.2, -0.15) is 13.2 Å². The largest absolute Gasteiger partial charge is 0.424 e. The van der Waals surface area contributed by atoms with Crippen molar-refractivity contribution in [2.45, 2.75) is 31.7 Å². The van der Waals surface area contributed by atoms with Crippen molar-refractivity contribution in [2.24, 2.45) is 5.10 Å². The quantitative estimate of drug-likeness (QED) is 0.863. The SMILES string of the molecule is C[C@H]1CN2N=C=CC=C2c2cnc(C(C)(O)C(F)(F)F)n21. The van der Waals surface area contributed by atoms with E-state index in [9.17, 15) is 18.3 Å². The third-order valence-corrected chi connectivity index (χ3v) is 3.70. The van der Waals surface area contributed by atoms with Crippen molar-refractivity contribution in [3.63, 3.8) is 0 Å². The van der Waals surface area contributed by atoms with E-state index in [2.05, 4.69) is 16.0 Å². The fraction of sp³-hybridized carbons (Fsp3) is 0.462. The molecular weight excluding hydrogens is 285 g/mol. The van der Waals surface area contributed by atoms with Gasteiger partial charge in [0, 0.05) is 11.9 Å². The molecule has 0 fully saturated rings. The highest BCUT2D eigenvalue weighted by molar-refractivity contribution is 5.71. The number of hydrogen-bond donors (Lipinski definition) is 1. The summed E-state index contributed by atoms with van der Waals surface area (Å²) in [4.78, 5) is 3.83. The Bertz CT molecular complexity index is 680. The number of hydrazone groups is 1. The predicted octanol–water partition coefficient (Wildman–Crippen LogP) is 2.02. The van der Waals surface area contributed by atoms with Crippen LogP contribution in [0.3, 0.4) is 0 Å². The molecule has 2 aliphatic heterocycles. The molecule has 1 aromatic heterocycles. The number of rotatable bonds is 1. The Morgan fingerprint density at radius 3 is 2.81 bits per heavy atom. The number of fused-ring (bicyclic) bond motifs is 3. The molecule has 112 valence electrons. The second-order valence-electron chi connectivity index (χ2n) is 5.29. The minimum Gasteiger partial charge on any atom is -0.374 e. The van der Waals surface area contributed by atoms with Gasteiger partial charge in [0.1, 0.15) is 0 Å². The van der Waals surface area contributed by atoms with Crippen molar-refractivity contribution in [3.8, 4) is 0 Å². The first kappa shape index (κ1) is 13.9. The second-order valence-corrected chi connectivity index (χ2v) is 5.29. The van der Waals surface area contributed by atoms with Gasteiger partial charge in [0.25, 0.3) is 0 Å². The molecule has 1 aromatic rings. The van der Waals surface area contributed by atoms with Crippen molar-refractivity contribution in [1.82, 2.24) is 14.6 Å². The first-order valence-electron chi connectivity index (χ1n) is 6.38. The molecule has 8 heteroatoms. The maximum atomic E-state index is 13.1. The van der Waals surface area contributed by atoms with Crippen LogP contribution in [0.5, 0.6) is 0 Å². The van der Waals surface area contributed by atoms with Gasteiger partial charge in [0.15, 0.2) is 5.82 Å². The van der Waals surface area contributed by atoms with Gasteiger partial charge < -0.3 is 9.67 Å². The number of nitrogens with zero attached hydrogens (tertiary/aromatic N) is 4. The van der Waals surface area contributed by atoms with Gasteiger partial charge in [0.05, 0.1) is 30.2 Å². The zero-order valence-corrected chi connectivity index (χ0v) is 11.4. The van der Waals surface area contributed by atoms with Crippen LogP contribution in [0, 0.1) is 0 Å². The monoisotopic (exact) mass is 298 g/mol. The number of imidazole rings is 1. The maximum absolute atomic E-state index is 13.1. The molecule has 2 atom stereocenters. The van der Waals surface area contributed by atoms with E-state index < -0.39 is 17.6 Å². The lowest BCUT2D eigenvalue weighted by molar-refractivity contribution is -0.263. The van der Waals surface area contributed by atoms with Gasteiger partial charge in [-0.3, -0.25) is 5.01 Å². The van der Waals surface area contributed by atoms with E-state index in [1.807, 2.05) is 0 Å². The normalized spacial score (nSPS) is 23.4. The van der Waals surface area contributed by atoms with Crippen LogP contribution in [0.2, 0.25) is 0 Å². The van der Waals surface area contributed by atoms with Crippen molar-refractivity contribution in [1.29, 1.82) is 0 Å². The highest BCUT2D eigenvalue weighted by atomic mass is 19.4. The lowest BCUT2D eigenvalue weighted by atomic mass is 10.0. The first-order valence-corrected chi connectivity index (χ1v) is 6.38. The molecule has 2 aliphatic rings. The van der Waals surface area contributed by atoms with Crippen molar-refractivity contribution >= 4 is 11.6 Å². The number of aliphatic hydroxyl groups is 1. The van der Waals surface area contributed by atoms with Crippen LogP contribution >= 0.6 is 0 Å². The fourth-order valence-corrected chi connectivity index (χ4v) is 2.53. The molecular formula is C13H13F3N4O. The number of halogens is 3. The molecule has 1 N–H and O–H groups in total. The fourth-order valence-electron chi connectivity index (χ4n) is 2.53. The summed E-state index contributed by atoms with van der Waals surface area (Å²) < 4.78 is 40.6. The molecule has 0 bridgehead atoms. The number of aromatic nitrogens is 2. The summed E-state index contributed by atoms with van der Waals surface area (Å²) >= 11 is 0. The smallest absolute Gasteiger partial charge is 0.374 e. The summed E-state index contributed by atoms with van der Waals surface area (Å²) in [5.74, 6) is 2.28. The molecule has 0 saturated carbocycles. The molecule has 0 amide bonds. The Kier molecular flexibility index (Phi) is 2.80. The van der Waals surface area contributed by atoms with E-state index in [0.717, 1.165) is 6.92 Å². The summed E-state index contributed by atoms with van der Waals surface area (Å²) in [5, 5.41) is 15.6. The van der Waals surface area contributed by atoms with Crippen LogP contribution < -0.4 is 0 Å². The van der Waals surface area contributed by atoms with Crippen molar-refractivity contribution in [3.05, 3.63) is 29.9 Å². The molecule has 3 heterocycles. The van der Waals surface area contributed by atoms with E-state index in [0.29, 0.717) is 17.9 Å². The van der Waals surface area contributed by atoms with Gasteiger partial charge >= 0.3 is 6.18 Å². The molecule has 0 spiro atoms. The molecule has 0 aliphatic carbocycles. The summed E-state index contributed by atoms with van der Waals surface area (Å²) in [6.07, 6.45) is -0.178. The van der Waals surface area contributed by atoms with Crippen molar-refractivity contribution < 1.29 is 18.3 Å². The van der Waals surface area contributed by atoms with Gasteiger partial charge in [0.2, 0.25) is 5.60 Å². The third-order valence-electron chi connectivity index (χ3n) is 3.70. The first-order chi connectivity index (χ1) is 9.73. The van der Waals surface area contributed by atoms with Crippen LogP contribution in [0.4, 0.5) is 13.2 Å². The topological polar surface area (TPSA) is 53.6 Å². The van der Waals surface area contributed by atoms with Gasteiger partial charge in [-0.1, -0.05) is 0 Å². The summed E-state index contributed by atoms with van der Waals surface area (Å²) in [5.41, 5.74) is -1.87. The molecule has 21 heavy (non-hydrogen) atoms. The van der Waals surface area contributed by atoms with Crippen LogP contribution in [-0.4, -0.2) is 38.3 Å². The number of allylic oxidation sites excluding steroid dienone is 2. The van der Waals surface area contributed by atoms with Crippen LogP contribution in [0.1, 0.15) is 31.4 Å².